The summed E-state index contributed by atoms with van der Waals surface area (Å²) in [5.41, 5.74) is 0.880. The van der Waals surface area contributed by atoms with Crippen molar-refractivity contribution in [3.05, 3.63) is 35.9 Å². The molecule has 0 spiro atoms. The van der Waals surface area contributed by atoms with E-state index in [0.29, 0.717) is 13.0 Å². The van der Waals surface area contributed by atoms with Gasteiger partial charge in [0.15, 0.2) is 16.4 Å². The van der Waals surface area contributed by atoms with Crippen LogP contribution in [0.15, 0.2) is 35.5 Å². The molecule has 2 rings (SSSR count). The summed E-state index contributed by atoms with van der Waals surface area (Å²) < 4.78 is 23.4. The van der Waals surface area contributed by atoms with E-state index in [4.69, 9.17) is 4.84 Å². The van der Waals surface area contributed by atoms with Crippen molar-refractivity contribution >= 4 is 22.0 Å². The van der Waals surface area contributed by atoms with E-state index in [1.54, 1.807) is 11.1 Å². The van der Waals surface area contributed by atoms with Crippen molar-refractivity contribution in [3.63, 3.8) is 0 Å². The second-order valence-corrected chi connectivity index (χ2v) is 8.64. The van der Waals surface area contributed by atoms with Crippen molar-refractivity contribution in [2.45, 2.75) is 26.3 Å². The Bertz CT molecular complexity index is 671. The molecule has 0 aromatic heterocycles. The first-order valence-corrected chi connectivity index (χ1v) is 9.90. The van der Waals surface area contributed by atoms with Crippen molar-refractivity contribution in [1.82, 2.24) is 4.90 Å². The van der Waals surface area contributed by atoms with Gasteiger partial charge in [0.05, 0.1) is 17.7 Å². The predicted octanol–water partition coefficient (Wildman–Crippen LogP) is 1.71. The van der Waals surface area contributed by atoms with E-state index in [9.17, 15) is 13.2 Å². The smallest absolute Gasteiger partial charge is 0.263 e. The standard InChI is InChI=1S/C17H24N2O4S/c1-14(2)11-19(16-8-9-24(21,22)13-16)17(20)12-23-18-10-15-6-4-3-5-7-15/h3-7,10,14,16H,8-9,11-13H2,1-2H3/b18-10-/t16-/m0/s1. The third-order valence-corrected chi connectivity index (χ3v) is 5.55. The Labute approximate surface area is 143 Å². The van der Waals surface area contributed by atoms with Crippen molar-refractivity contribution in [2.24, 2.45) is 11.1 Å². The molecule has 0 radical (unpaired) electrons. The molecular weight excluding hydrogens is 328 g/mol. The van der Waals surface area contributed by atoms with Gasteiger partial charge in [-0.1, -0.05) is 49.3 Å². The number of benzene rings is 1. The molecule has 6 nitrogen and oxygen atoms in total. The van der Waals surface area contributed by atoms with Crippen LogP contribution in [0, 0.1) is 5.92 Å². The molecule has 1 aliphatic rings. The number of rotatable bonds is 7. The average molecular weight is 352 g/mol. The molecular formula is C17H24N2O4S. The van der Waals surface area contributed by atoms with Gasteiger partial charge in [-0.15, -0.1) is 0 Å². The molecule has 7 heteroatoms. The first-order valence-electron chi connectivity index (χ1n) is 8.07. The van der Waals surface area contributed by atoms with Crippen LogP contribution in [0.2, 0.25) is 0 Å². The second-order valence-electron chi connectivity index (χ2n) is 6.42. The van der Waals surface area contributed by atoms with E-state index >= 15 is 0 Å². The van der Waals surface area contributed by atoms with E-state index < -0.39 is 9.84 Å². The molecule has 1 fully saturated rings. The van der Waals surface area contributed by atoms with Crippen LogP contribution in [0.3, 0.4) is 0 Å². The zero-order chi connectivity index (χ0) is 17.6. The molecule has 24 heavy (non-hydrogen) atoms. The molecule has 132 valence electrons. The number of oxime groups is 1. The van der Waals surface area contributed by atoms with Crippen LogP contribution in [0.4, 0.5) is 0 Å². The van der Waals surface area contributed by atoms with Crippen molar-refractivity contribution in [2.75, 3.05) is 24.7 Å². The van der Waals surface area contributed by atoms with Crippen molar-refractivity contribution < 1.29 is 18.0 Å². The van der Waals surface area contributed by atoms with E-state index in [2.05, 4.69) is 5.16 Å². The maximum atomic E-state index is 12.4. The Hall–Kier alpha value is -1.89. The van der Waals surface area contributed by atoms with Gasteiger partial charge in [-0.3, -0.25) is 4.79 Å². The minimum absolute atomic E-state index is 0.0404. The predicted molar refractivity (Wildman–Crippen MR) is 93.6 cm³/mol. The second kappa shape index (κ2) is 8.28. The largest absolute Gasteiger partial charge is 0.386 e. The number of carbonyl (C=O) groups excluding carboxylic acids is 1. The highest BCUT2D eigenvalue weighted by molar-refractivity contribution is 7.91. The van der Waals surface area contributed by atoms with Crippen molar-refractivity contribution in [1.29, 1.82) is 0 Å². The third-order valence-electron chi connectivity index (χ3n) is 3.80. The lowest BCUT2D eigenvalue weighted by Crippen LogP contribution is -2.44. The Morgan fingerprint density at radius 1 is 1.38 bits per heavy atom. The van der Waals surface area contributed by atoms with E-state index in [0.717, 1.165) is 5.56 Å². The summed E-state index contributed by atoms with van der Waals surface area (Å²) in [6.07, 6.45) is 2.04. The number of sulfone groups is 1. The summed E-state index contributed by atoms with van der Waals surface area (Å²) in [4.78, 5) is 19.2. The van der Waals surface area contributed by atoms with E-state index in [-0.39, 0.29) is 36.0 Å². The summed E-state index contributed by atoms with van der Waals surface area (Å²) in [6, 6.07) is 9.18. The molecule has 1 heterocycles. The van der Waals surface area contributed by atoms with Gasteiger partial charge in [-0.2, -0.15) is 0 Å². The van der Waals surface area contributed by atoms with Gasteiger partial charge in [-0.25, -0.2) is 8.42 Å². The van der Waals surface area contributed by atoms with E-state index in [1.165, 1.54) is 0 Å². The lowest BCUT2D eigenvalue weighted by atomic mass is 10.1. The van der Waals surface area contributed by atoms with Gasteiger partial charge in [0.1, 0.15) is 0 Å². The molecule has 1 amide bonds. The highest BCUT2D eigenvalue weighted by Gasteiger charge is 2.34. The molecule has 0 saturated carbocycles. The first kappa shape index (κ1) is 18.4. The van der Waals surface area contributed by atoms with Gasteiger partial charge in [-0.05, 0) is 17.9 Å². The van der Waals surface area contributed by atoms with Gasteiger partial charge < -0.3 is 9.74 Å². The van der Waals surface area contributed by atoms with Gasteiger partial charge in [0.25, 0.3) is 5.91 Å². The maximum absolute atomic E-state index is 12.4. The van der Waals surface area contributed by atoms with Crippen molar-refractivity contribution in [3.8, 4) is 0 Å². The minimum atomic E-state index is -3.04. The van der Waals surface area contributed by atoms with Crippen LogP contribution in [-0.4, -0.2) is 56.1 Å². The average Bonchev–Trinajstić information content (AvgIpc) is 2.89. The van der Waals surface area contributed by atoms with Gasteiger partial charge in [0.2, 0.25) is 0 Å². The van der Waals surface area contributed by atoms with Crippen LogP contribution in [-0.2, 0) is 19.5 Å². The molecule has 1 aliphatic heterocycles. The molecule has 0 unspecified atom stereocenters. The first-order chi connectivity index (χ1) is 11.4. The molecule has 0 N–H and O–H groups in total. The van der Waals surface area contributed by atoms with Crippen LogP contribution >= 0.6 is 0 Å². The number of carbonyl (C=O) groups is 1. The maximum Gasteiger partial charge on any atom is 0.263 e. The van der Waals surface area contributed by atoms with Gasteiger partial charge in [0, 0.05) is 12.6 Å². The highest BCUT2D eigenvalue weighted by atomic mass is 32.2. The van der Waals surface area contributed by atoms with Crippen LogP contribution in [0.5, 0.6) is 0 Å². The van der Waals surface area contributed by atoms with Crippen LogP contribution in [0.1, 0.15) is 25.8 Å². The lowest BCUT2D eigenvalue weighted by molar-refractivity contribution is -0.138. The topological polar surface area (TPSA) is 76.0 Å². The Morgan fingerprint density at radius 2 is 2.08 bits per heavy atom. The monoisotopic (exact) mass is 352 g/mol. The van der Waals surface area contributed by atoms with Gasteiger partial charge >= 0.3 is 0 Å². The molecule has 1 saturated heterocycles. The summed E-state index contributed by atoms with van der Waals surface area (Å²) in [5, 5.41) is 3.81. The fourth-order valence-electron chi connectivity index (χ4n) is 2.68. The number of hydrogen-bond donors (Lipinski definition) is 0. The molecule has 1 atom stereocenters. The number of hydrogen-bond acceptors (Lipinski definition) is 5. The quantitative estimate of drug-likeness (QED) is 0.553. The summed E-state index contributed by atoms with van der Waals surface area (Å²) in [7, 11) is -3.04. The summed E-state index contributed by atoms with van der Waals surface area (Å²) in [6.45, 7) is 4.33. The zero-order valence-corrected chi connectivity index (χ0v) is 14.9. The number of nitrogens with zero attached hydrogens (tertiary/aromatic N) is 2. The zero-order valence-electron chi connectivity index (χ0n) is 14.1. The van der Waals surface area contributed by atoms with Crippen LogP contribution in [0.25, 0.3) is 0 Å². The Balaban J connectivity index is 1.92. The third kappa shape index (κ3) is 5.63. The molecule has 0 bridgehead atoms. The highest BCUT2D eigenvalue weighted by Crippen LogP contribution is 2.19. The molecule has 1 aromatic carbocycles. The summed E-state index contributed by atoms with van der Waals surface area (Å²) >= 11 is 0. The Morgan fingerprint density at radius 3 is 2.67 bits per heavy atom. The molecule has 0 aliphatic carbocycles. The number of amides is 1. The normalized spacial score (nSPS) is 19.7. The van der Waals surface area contributed by atoms with E-state index in [1.807, 2.05) is 44.2 Å². The lowest BCUT2D eigenvalue weighted by Gasteiger charge is -2.29. The fourth-order valence-corrected chi connectivity index (χ4v) is 4.41. The molecule has 1 aromatic rings. The summed E-state index contributed by atoms with van der Waals surface area (Å²) in [5.74, 6) is 0.215. The van der Waals surface area contributed by atoms with Crippen LogP contribution < -0.4 is 0 Å². The minimum Gasteiger partial charge on any atom is -0.386 e. The fraction of sp³-hybridized carbons (Fsp3) is 0.529. The Kier molecular flexibility index (Phi) is 6.36. The SMILES string of the molecule is CC(C)CN(C(=O)CO/N=C\c1ccccc1)[C@H]1CCS(=O)(=O)C1.